The lowest BCUT2D eigenvalue weighted by atomic mass is 10.1. The van der Waals surface area contributed by atoms with Crippen molar-refractivity contribution in [3.8, 4) is 11.3 Å². The van der Waals surface area contributed by atoms with Crippen LogP contribution < -0.4 is 10.6 Å². The number of carbonyl (C=O) groups excluding carboxylic acids is 1. The number of carbonyl (C=O) groups is 1. The fourth-order valence-corrected chi connectivity index (χ4v) is 5.92. The number of benzene rings is 1. The second-order valence-electron chi connectivity index (χ2n) is 10.5. The Morgan fingerprint density at radius 1 is 1.14 bits per heavy atom. The van der Waals surface area contributed by atoms with Gasteiger partial charge >= 0.3 is 0 Å². The summed E-state index contributed by atoms with van der Waals surface area (Å²) in [7, 11) is -2.05. The predicted octanol–water partition coefficient (Wildman–Crippen LogP) is 4.91. The minimum absolute atomic E-state index is 0.0103. The highest BCUT2D eigenvalue weighted by molar-refractivity contribution is 7.90. The number of aryl methyl sites for hydroxylation is 1. The molecule has 1 aliphatic carbocycles. The van der Waals surface area contributed by atoms with E-state index < -0.39 is 46.3 Å². The molecule has 1 saturated carbocycles. The van der Waals surface area contributed by atoms with Crippen molar-refractivity contribution in [3.05, 3.63) is 42.4 Å². The lowest BCUT2D eigenvalue weighted by Crippen LogP contribution is -2.21. The number of nitrogens with one attached hydrogen (secondary N) is 2. The van der Waals surface area contributed by atoms with Crippen molar-refractivity contribution in [1.82, 2.24) is 24.3 Å². The van der Waals surface area contributed by atoms with Crippen LogP contribution in [0, 0.1) is 5.92 Å². The number of halogens is 3. The monoisotopic (exact) mass is 603 g/mol. The number of hydrogen-bond acceptors (Lipinski definition) is 8. The first-order valence-corrected chi connectivity index (χ1v) is 15.3. The van der Waals surface area contributed by atoms with Crippen molar-refractivity contribution < 1.29 is 31.1 Å². The first kappa shape index (κ1) is 28.2. The van der Waals surface area contributed by atoms with Gasteiger partial charge in [0, 0.05) is 37.7 Å². The van der Waals surface area contributed by atoms with E-state index in [-0.39, 0.29) is 39.7 Å². The molecule has 4 aromatic rings. The molecule has 2 unspecified atom stereocenters. The summed E-state index contributed by atoms with van der Waals surface area (Å²) in [6.45, 7) is 0.370. The van der Waals surface area contributed by atoms with Crippen molar-refractivity contribution in [3.63, 3.8) is 0 Å². The van der Waals surface area contributed by atoms with Crippen LogP contribution in [0.25, 0.3) is 22.4 Å². The number of imidazole rings is 1. The van der Waals surface area contributed by atoms with Gasteiger partial charge in [0.1, 0.15) is 23.7 Å². The van der Waals surface area contributed by atoms with Crippen LogP contribution in [0.5, 0.6) is 0 Å². The number of anilines is 3. The van der Waals surface area contributed by atoms with Crippen LogP contribution in [0.1, 0.15) is 44.2 Å². The number of aromatic nitrogens is 5. The summed E-state index contributed by atoms with van der Waals surface area (Å²) in [6.07, 6.45) is -0.152. The molecule has 0 bridgehead atoms. The Morgan fingerprint density at radius 2 is 1.93 bits per heavy atom. The highest BCUT2D eigenvalue weighted by Crippen LogP contribution is 2.39. The summed E-state index contributed by atoms with van der Waals surface area (Å²) in [5.74, 6) is -2.02. The highest BCUT2D eigenvalue weighted by atomic mass is 32.2. The average Bonchev–Trinajstić information content (AvgIpc) is 3.33. The minimum atomic E-state index is -3.79. The van der Waals surface area contributed by atoms with Crippen LogP contribution >= 0.6 is 0 Å². The van der Waals surface area contributed by atoms with E-state index in [0.717, 1.165) is 19.1 Å². The summed E-state index contributed by atoms with van der Waals surface area (Å²) in [5, 5.41) is 9.92. The van der Waals surface area contributed by atoms with Gasteiger partial charge in [-0.1, -0.05) is 6.07 Å². The molecule has 1 aliphatic heterocycles. The summed E-state index contributed by atoms with van der Waals surface area (Å²) >= 11 is 0. The van der Waals surface area contributed by atoms with Gasteiger partial charge in [0.25, 0.3) is 6.43 Å². The largest absolute Gasteiger partial charge is 0.358 e. The van der Waals surface area contributed by atoms with Crippen molar-refractivity contribution in [2.75, 3.05) is 23.5 Å². The van der Waals surface area contributed by atoms with Gasteiger partial charge in [0.15, 0.2) is 21.3 Å². The number of fused-ring (bicyclic) bond motifs is 1. The number of alkyl halides is 3. The number of hydrogen-bond donors (Lipinski definition) is 2. The number of nitrogens with zero attached hydrogens (tertiary/aromatic N) is 5. The normalized spacial score (nSPS) is 20.7. The first-order chi connectivity index (χ1) is 20.0. The molecule has 15 heteroatoms. The summed E-state index contributed by atoms with van der Waals surface area (Å²) in [6, 6.07) is 7.78. The fraction of sp³-hybridized carbons (Fsp3) is 0.407. The number of pyridine rings is 1. The van der Waals surface area contributed by atoms with Gasteiger partial charge in [0.2, 0.25) is 5.91 Å². The molecule has 222 valence electrons. The highest BCUT2D eigenvalue weighted by Gasteiger charge is 2.44. The Balaban J connectivity index is 1.49. The molecule has 3 atom stereocenters. The molecule has 1 aromatic carbocycles. The first-order valence-electron chi connectivity index (χ1n) is 13.4. The molecule has 1 amide bonds. The lowest BCUT2D eigenvalue weighted by molar-refractivity contribution is -0.117. The molecule has 0 spiro atoms. The fourth-order valence-electron chi connectivity index (χ4n) is 5.06. The maximum atomic E-state index is 14.3. The number of amides is 1. The van der Waals surface area contributed by atoms with Crippen LogP contribution in [-0.4, -0.2) is 57.7 Å². The Morgan fingerprint density at radius 3 is 2.55 bits per heavy atom. The molecule has 11 nitrogen and oxygen atoms in total. The van der Waals surface area contributed by atoms with Crippen LogP contribution in [0.3, 0.4) is 0 Å². The molecule has 2 aliphatic rings. The summed E-state index contributed by atoms with van der Waals surface area (Å²) in [4.78, 5) is 21.1. The third-order valence-electron chi connectivity index (χ3n) is 7.27. The van der Waals surface area contributed by atoms with E-state index in [1.165, 1.54) is 22.8 Å². The van der Waals surface area contributed by atoms with E-state index in [9.17, 15) is 26.4 Å². The van der Waals surface area contributed by atoms with Crippen LogP contribution in [0.4, 0.5) is 30.4 Å². The predicted molar refractivity (Wildman–Crippen MR) is 148 cm³/mol. The van der Waals surface area contributed by atoms with Gasteiger partial charge in [-0.25, -0.2) is 31.6 Å². The van der Waals surface area contributed by atoms with E-state index in [1.807, 2.05) is 0 Å². The zero-order valence-electron chi connectivity index (χ0n) is 22.7. The molecule has 42 heavy (non-hydrogen) atoms. The SMILES string of the molecule is Cn1ccc(-c2ccc(Nc3cc(NC(=O)C4C[C@@H]4F)nc4c3nc(C(F)F)n4C3CCCCO3)c(S(C)(=O)=O)c2)n1. The van der Waals surface area contributed by atoms with E-state index in [2.05, 4.69) is 25.7 Å². The molecule has 4 heterocycles. The molecule has 0 radical (unpaired) electrons. The topological polar surface area (TPSA) is 133 Å². The van der Waals surface area contributed by atoms with Crippen molar-refractivity contribution in [2.45, 2.75) is 49.4 Å². The molecular formula is C27H28F3N7O4S. The number of sulfone groups is 1. The van der Waals surface area contributed by atoms with Crippen molar-refractivity contribution >= 4 is 44.1 Å². The zero-order chi connectivity index (χ0) is 29.8. The zero-order valence-corrected chi connectivity index (χ0v) is 23.5. The van der Waals surface area contributed by atoms with E-state index in [1.54, 1.807) is 30.1 Å². The van der Waals surface area contributed by atoms with Gasteiger partial charge in [-0.05, 0) is 43.9 Å². The molecule has 6 rings (SSSR count). The molecule has 2 N–H and O–H groups in total. The smallest absolute Gasteiger partial charge is 0.295 e. The minimum Gasteiger partial charge on any atom is -0.358 e. The van der Waals surface area contributed by atoms with Gasteiger partial charge in [-0.3, -0.25) is 14.0 Å². The van der Waals surface area contributed by atoms with Crippen LogP contribution in [-0.2, 0) is 26.4 Å². The molecule has 3 aromatic heterocycles. The Bertz CT molecular complexity index is 1780. The van der Waals surface area contributed by atoms with Gasteiger partial charge in [-0.2, -0.15) is 5.10 Å². The second kappa shape index (κ2) is 10.7. The van der Waals surface area contributed by atoms with Gasteiger partial charge in [0.05, 0.1) is 27.9 Å². The third kappa shape index (κ3) is 5.45. The standard InChI is InChI=1S/C27H28F3N7O4S/c1-36-9-8-17(35-36)14-6-7-18(20(11-14)42(2,39)40)31-19-13-21(33-27(38)15-12-16(15)28)32-25-23(19)34-26(24(29)30)37(25)22-5-3-4-10-41-22/h6-9,11,13,15-16,22,24H,3-5,10,12H2,1-2H3,(H2,31,32,33,38)/t15?,16-,22?/m0/s1. The van der Waals surface area contributed by atoms with Crippen LogP contribution in [0.2, 0.25) is 0 Å². The Labute approximate surface area is 239 Å². The summed E-state index contributed by atoms with van der Waals surface area (Å²) < 4.78 is 76.5. The summed E-state index contributed by atoms with van der Waals surface area (Å²) in [5.41, 5.74) is 1.42. The maximum Gasteiger partial charge on any atom is 0.295 e. The molecule has 1 saturated heterocycles. The van der Waals surface area contributed by atoms with Gasteiger partial charge < -0.3 is 15.4 Å². The average molecular weight is 604 g/mol. The van der Waals surface area contributed by atoms with E-state index in [4.69, 9.17) is 4.74 Å². The Kier molecular flexibility index (Phi) is 7.17. The van der Waals surface area contributed by atoms with E-state index in [0.29, 0.717) is 24.3 Å². The maximum absolute atomic E-state index is 14.3. The van der Waals surface area contributed by atoms with Gasteiger partial charge in [-0.15, -0.1) is 0 Å². The third-order valence-corrected chi connectivity index (χ3v) is 8.41. The van der Waals surface area contributed by atoms with Crippen molar-refractivity contribution in [1.29, 1.82) is 0 Å². The number of rotatable bonds is 8. The van der Waals surface area contributed by atoms with Crippen LogP contribution in [0.15, 0.2) is 41.4 Å². The molecular weight excluding hydrogens is 575 g/mol. The molecule has 2 fully saturated rings. The lowest BCUT2D eigenvalue weighted by Gasteiger charge is -2.25. The quantitative estimate of drug-likeness (QED) is 0.290. The van der Waals surface area contributed by atoms with Crippen molar-refractivity contribution in [2.24, 2.45) is 13.0 Å². The number of ether oxygens (including phenoxy) is 1. The second-order valence-corrected chi connectivity index (χ2v) is 12.5. The van der Waals surface area contributed by atoms with E-state index >= 15 is 0 Å². The Hall–Kier alpha value is -3.98.